The lowest BCUT2D eigenvalue weighted by molar-refractivity contribution is 0.198. The van der Waals surface area contributed by atoms with E-state index in [2.05, 4.69) is 4.98 Å². The maximum atomic E-state index is 14.0. The number of hydrogen-bond donors (Lipinski definition) is 1. The molecule has 0 radical (unpaired) electrons. The molecule has 0 saturated carbocycles. The molecule has 2 N–H and O–H groups in total. The van der Waals surface area contributed by atoms with E-state index in [-0.39, 0.29) is 12.6 Å². The van der Waals surface area contributed by atoms with Gasteiger partial charge < -0.3 is 5.73 Å². The van der Waals surface area contributed by atoms with Crippen LogP contribution in [0.1, 0.15) is 24.1 Å². The van der Waals surface area contributed by atoms with Crippen molar-refractivity contribution in [2.75, 3.05) is 13.1 Å². The van der Waals surface area contributed by atoms with E-state index in [1.807, 2.05) is 24.0 Å². The predicted octanol–water partition coefficient (Wildman–Crippen LogP) is 2.88. The van der Waals surface area contributed by atoms with E-state index in [0.29, 0.717) is 18.7 Å². The smallest absolute Gasteiger partial charge is 0.163 e. The van der Waals surface area contributed by atoms with Crippen LogP contribution in [0.25, 0.3) is 0 Å². The van der Waals surface area contributed by atoms with Gasteiger partial charge in [-0.15, -0.1) is 0 Å². The monoisotopic (exact) mass is 291 g/mol. The third-order valence-electron chi connectivity index (χ3n) is 3.55. The summed E-state index contributed by atoms with van der Waals surface area (Å²) in [5.41, 5.74) is 7.17. The summed E-state index contributed by atoms with van der Waals surface area (Å²) >= 11 is 0. The van der Waals surface area contributed by atoms with E-state index >= 15 is 0 Å². The molecule has 0 aliphatic rings. The molecule has 3 nitrogen and oxygen atoms in total. The number of likely N-dealkylation sites (N-methyl/N-ethyl adjacent to an activating group) is 1. The summed E-state index contributed by atoms with van der Waals surface area (Å²) in [6.07, 6.45) is 3.42. The highest BCUT2D eigenvalue weighted by molar-refractivity contribution is 5.23. The zero-order chi connectivity index (χ0) is 15.2. The molecular weight excluding hydrogens is 272 g/mol. The van der Waals surface area contributed by atoms with Gasteiger partial charge in [0.15, 0.2) is 11.6 Å². The van der Waals surface area contributed by atoms with Crippen LogP contribution in [0.15, 0.2) is 42.7 Å². The van der Waals surface area contributed by atoms with Crippen LogP contribution in [0, 0.1) is 11.6 Å². The summed E-state index contributed by atoms with van der Waals surface area (Å²) in [6, 6.07) is 7.66. The normalized spacial score (nSPS) is 12.6. The molecule has 1 aromatic heterocycles. The quantitative estimate of drug-likeness (QED) is 0.890. The molecule has 5 heteroatoms. The van der Waals surface area contributed by atoms with Crippen molar-refractivity contribution in [3.05, 3.63) is 65.5 Å². The summed E-state index contributed by atoms with van der Waals surface area (Å²) in [4.78, 5) is 6.00. The summed E-state index contributed by atoms with van der Waals surface area (Å²) < 4.78 is 27.4. The van der Waals surface area contributed by atoms with Crippen molar-refractivity contribution in [2.24, 2.45) is 5.73 Å². The van der Waals surface area contributed by atoms with E-state index in [0.717, 1.165) is 11.6 Å². The van der Waals surface area contributed by atoms with Gasteiger partial charge in [-0.25, -0.2) is 8.78 Å². The van der Waals surface area contributed by atoms with Gasteiger partial charge in [0.25, 0.3) is 0 Å². The van der Waals surface area contributed by atoms with Gasteiger partial charge in [-0.05, 0) is 30.3 Å². The number of benzene rings is 1. The van der Waals surface area contributed by atoms with Crippen molar-refractivity contribution >= 4 is 0 Å². The molecule has 0 amide bonds. The van der Waals surface area contributed by atoms with E-state index in [4.69, 9.17) is 5.73 Å². The van der Waals surface area contributed by atoms with Gasteiger partial charge in [0.05, 0.1) is 6.04 Å². The Morgan fingerprint density at radius 2 is 1.90 bits per heavy atom. The Kier molecular flexibility index (Phi) is 5.36. The maximum absolute atomic E-state index is 14.0. The molecule has 1 unspecified atom stereocenters. The Morgan fingerprint density at radius 1 is 1.19 bits per heavy atom. The van der Waals surface area contributed by atoms with Gasteiger partial charge in [0, 0.05) is 31.0 Å². The van der Waals surface area contributed by atoms with Crippen LogP contribution in [0.4, 0.5) is 8.78 Å². The molecule has 0 aliphatic heterocycles. The number of pyridine rings is 1. The Labute approximate surface area is 123 Å². The predicted molar refractivity (Wildman–Crippen MR) is 78.5 cm³/mol. The van der Waals surface area contributed by atoms with Crippen LogP contribution < -0.4 is 5.73 Å². The Balaban J connectivity index is 2.27. The lowest BCUT2D eigenvalue weighted by Gasteiger charge is -2.30. The fraction of sp³-hybridized carbons (Fsp3) is 0.312. The number of nitrogens with two attached hydrogens (primary N) is 1. The number of rotatable bonds is 6. The molecule has 2 aromatic rings. The molecule has 0 aliphatic carbocycles. The molecule has 21 heavy (non-hydrogen) atoms. The molecule has 1 heterocycles. The molecule has 1 atom stereocenters. The first kappa shape index (κ1) is 15.5. The Bertz CT molecular complexity index is 575. The summed E-state index contributed by atoms with van der Waals surface area (Å²) in [7, 11) is 0. The molecule has 112 valence electrons. The summed E-state index contributed by atoms with van der Waals surface area (Å²) in [5, 5.41) is 0. The third kappa shape index (κ3) is 3.62. The minimum atomic E-state index is -0.842. The van der Waals surface area contributed by atoms with Gasteiger partial charge in [0.2, 0.25) is 0 Å². The van der Waals surface area contributed by atoms with Crippen LogP contribution >= 0.6 is 0 Å². The van der Waals surface area contributed by atoms with Crippen molar-refractivity contribution < 1.29 is 8.78 Å². The Morgan fingerprint density at radius 3 is 2.52 bits per heavy atom. The van der Waals surface area contributed by atoms with Crippen LogP contribution in [-0.2, 0) is 6.54 Å². The van der Waals surface area contributed by atoms with Gasteiger partial charge in [-0.1, -0.05) is 19.1 Å². The van der Waals surface area contributed by atoms with Gasteiger partial charge in [0.1, 0.15) is 0 Å². The molecule has 0 saturated heterocycles. The second kappa shape index (κ2) is 7.24. The molecule has 0 bridgehead atoms. The second-order valence-corrected chi connectivity index (χ2v) is 4.81. The van der Waals surface area contributed by atoms with Crippen LogP contribution in [0.2, 0.25) is 0 Å². The number of nitrogens with zero attached hydrogens (tertiary/aromatic N) is 2. The first-order valence-corrected chi connectivity index (χ1v) is 6.94. The SMILES string of the molecule is CCN(Cc1ccncc1)C(CN)c1cccc(F)c1F. The lowest BCUT2D eigenvalue weighted by Crippen LogP contribution is -2.34. The highest BCUT2D eigenvalue weighted by atomic mass is 19.2. The fourth-order valence-electron chi connectivity index (χ4n) is 2.42. The van der Waals surface area contributed by atoms with E-state index in [9.17, 15) is 8.78 Å². The van der Waals surface area contributed by atoms with Gasteiger partial charge in [-0.3, -0.25) is 9.88 Å². The minimum absolute atomic E-state index is 0.222. The van der Waals surface area contributed by atoms with Crippen molar-refractivity contribution in [2.45, 2.75) is 19.5 Å². The summed E-state index contributed by atoms with van der Waals surface area (Å²) in [5.74, 6) is -1.66. The van der Waals surface area contributed by atoms with Crippen molar-refractivity contribution in [1.29, 1.82) is 0 Å². The van der Waals surface area contributed by atoms with Gasteiger partial charge >= 0.3 is 0 Å². The lowest BCUT2D eigenvalue weighted by atomic mass is 10.0. The minimum Gasteiger partial charge on any atom is -0.329 e. The van der Waals surface area contributed by atoms with Crippen LogP contribution in [-0.4, -0.2) is 23.0 Å². The summed E-state index contributed by atoms with van der Waals surface area (Å²) in [6.45, 7) is 3.48. The molecule has 2 rings (SSSR count). The van der Waals surface area contributed by atoms with Crippen LogP contribution in [0.3, 0.4) is 0 Å². The van der Waals surface area contributed by atoms with Crippen molar-refractivity contribution in [3.8, 4) is 0 Å². The van der Waals surface area contributed by atoms with Crippen LogP contribution in [0.5, 0.6) is 0 Å². The van der Waals surface area contributed by atoms with Crippen molar-refractivity contribution in [3.63, 3.8) is 0 Å². The number of halogens is 2. The highest BCUT2D eigenvalue weighted by Crippen LogP contribution is 2.25. The Hall–Kier alpha value is -1.85. The molecular formula is C16H19F2N3. The van der Waals surface area contributed by atoms with E-state index in [1.165, 1.54) is 6.07 Å². The third-order valence-corrected chi connectivity index (χ3v) is 3.55. The first-order chi connectivity index (χ1) is 10.2. The average Bonchev–Trinajstić information content (AvgIpc) is 2.52. The fourth-order valence-corrected chi connectivity index (χ4v) is 2.42. The molecule has 0 fully saturated rings. The molecule has 0 spiro atoms. The number of hydrogen-bond acceptors (Lipinski definition) is 3. The van der Waals surface area contributed by atoms with E-state index in [1.54, 1.807) is 18.5 Å². The maximum Gasteiger partial charge on any atom is 0.163 e. The van der Waals surface area contributed by atoms with Crippen molar-refractivity contribution in [1.82, 2.24) is 9.88 Å². The van der Waals surface area contributed by atoms with E-state index < -0.39 is 11.6 Å². The highest BCUT2D eigenvalue weighted by Gasteiger charge is 2.22. The van der Waals surface area contributed by atoms with Gasteiger partial charge in [-0.2, -0.15) is 0 Å². The second-order valence-electron chi connectivity index (χ2n) is 4.81. The largest absolute Gasteiger partial charge is 0.329 e. The zero-order valence-electron chi connectivity index (χ0n) is 12.0. The standard InChI is InChI=1S/C16H19F2N3/c1-2-21(11-12-6-8-20-9-7-12)15(10-19)13-4-3-5-14(17)16(13)18/h3-9,15H,2,10-11,19H2,1H3. The molecule has 1 aromatic carbocycles. The average molecular weight is 291 g/mol. The first-order valence-electron chi connectivity index (χ1n) is 6.94. The number of aromatic nitrogens is 1. The zero-order valence-corrected chi connectivity index (χ0v) is 12.0. The topological polar surface area (TPSA) is 42.2 Å².